The number of carbonyl (C=O) groups is 1. The molecular formula is C24H33N3O3. The minimum absolute atomic E-state index is 0.0862. The molecule has 0 aromatic carbocycles. The van der Waals surface area contributed by atoms with Gasteiger partial charge in [-0.15, -0.1) is 0 Å². The maximum absolute atomic E-state index is 13.3. The summed E-state index contributed by atoms with van der Waals surface area (Å²) in [5.41, 5.74) is 1.03. The molecule has 1 aliphatic heterocycles. The topological polar surface area (TPSA) is 58.8 Å². The second-order valence-electron chi connectivity index (χ2n) is 8.66. The van der Waals surface area contributed by atoms with E-state index in [9.17, 15) is 4.79 Å². The number of carbonyl (C=O) groups excluding carboxylic acids is 1. The highest BCUT2D eigenvalue weighted by Gasteiger charge is 2.30. The van der Waals surface area contributed by atoms with Crippen molar-refractivity contribution in [3.8, 4) is 5.95 Å². The number of rotatable bonds is 7. The Morgan fingerprint density at radius 3 is 2.80 bits per heavy atom. The van der Waals surface area contributed by atoms with Crippen molar-refractivity contribution >= 4 is 5.91 Å². The van der Waals surface area contributed by atoms with Gasteiger partial charge in [-0.25, -0.2) is 0 Å². The summed E-state index contributed by atoms with van der Waals surface area (Å²) < 4.78 is 10.7. The van der Waals surface area contributed by atoms with Gasteiger partial charge in [0, 0.05) is 44.1 Å². The number of methoxy groups -OCH3 is 1. The van der Waals surface area contributed by atoms with Gasteiger partial charge >= 0.3 is 0 Å². The van der Waals surface area contributed by atoms with Gasteiger partial charge < -0.3 is 19.0 Å². The van der Waals surface area contributed by atoms with Crippen LogP contribution in [0.5, 0.6) is 5.95 Å². The van der Waals surface area contributed by atoms with Crippen molar-refractivity contribution in [2.75, 3.05) is 26.7 Å². The normalized spacial score (nSPS) is 20.8. The maximum Gasteiger partial charge on any atom is 0.290 e. The zero-order valence-electron chi connectivity index (χ0n) is 18.0. The van der Waals surface area contributed by atoms with Gasteiger partial charge in [-0.1, -0.05) is 25.3 Å². The number of aromatic nitrogens is 1. The Balaban J connectivity index is 1.46. The van der Waals surface area contributed by atoms with Crippen molar-refractivity contribution in [1.29, 1.82) is 0 Å². The minimum Gasteiger partial charge on any atom is -0.468 e. The van der Waals surface area contributed by atoms with E-state index < -0.39 is 0 Å². The standard InChI is InChI=1S/C24H33N3O3/c1-29-23-12-11-22(30-23)24(28)27(16-19-7-5-13-25-15-19)18-20-8-6-14-26(17-20)21-9-3-2-4-10-21/h5,7,11-13,15,20-21H,2-4,6,8-10,14,16-18H2,1H3/t20-/m1/s1. The predicted octanol–water partition coefficient (Wildman–Crippen LogP) is 4.37. The van der Waals surface area contributed by atoms with Gasteiger partial charge in [0.15, 0.2) is 5.76 Å². The van der Waals surface area contributed by atoms with E-state index in [0.717, 1.165) is 24.7 Å². The molecule has 2 aliphatic rings. The van der Waals surface area contributed by atoms with Gasteiger partial charge in [0.25, 0.3) is 11.9 Å². The summed E-state index contributed by atoms with van der Waals surface area (Å²) in [7, 11) is 1.54. The highest BCUT2D eigenvalue weighted by atomic mass is 16.6. The number of hydrogen-bond acceptors (Lipinski definition) is 5. The van der Waals surface area contributed by atoms with Crippen LogP contribution in [-0.4, -0.2) is 53.5 Å². The van der Waals surface area contributed by atoms with Crippen LogP contribution in [0.4, 0.5) is 0 Å². The molecule has 6 nitrogen and oxygen atoms in total. The average molecular weight is 412 g/mol. The number of likely N-dealkylation sites (tertiary alicyclic amines) is 1. The molecule has 2 aromatic rings. The Bertz CT molecular complexity index is 801. The number of nitrogens with zero attached hydrogens (tertiary/aromatic N) is 3. The van der Waals surface area contributed by atoms with E-state index in [2.05, 4.69) is 9.88 Å². The third kappa shape index (κ3) is 5.22. The van der Waals surface area contributed by atoms with Crippen LogP contribution in [0, 0.1) is 5.92 Å². The fraction of sp³-hybridized carbons (Fsp3) is 0.583. The van der Waals surface area contributed by atoms with Crippen LogP contribution in [0.1, 0.15) is 61.1 Å². The van der Waals surface area contributed by atoms with Crippen LogP contribution in [0.25, 0.3) is 0 Å². The van der Waals surface area contributed by atoms with Crippen molar-refractivity contribution in [3.63, 3.8) is 0 Å². The number of ether oxygens (including phenoxy) is 1. The molecule has 0 bridgehead atoms. The predicted molar refractivity (Wildman–Crippen MR) is 115 cm³/mol. The fourth-order valence-corrected chi connectivity index (χ4v) is 4.97. The molecular weight excluding hydrogens is 378 g/mol. The maximum atomic E-state index is 13.3. The van der Waals surface area contributed by atoms with E-state index in [1.807, 2.05) is 23.2 Å². The zero-order chi connectivity index (χ0) is 20.8. The van der Waals surface area contributed by atoms with Crippen LogP contribution in [0.2, 0.25) is 0 Å². The SMILES string of the molecule is COc1ccc(C(=O)N(Cc2cccnc2)C[C@@H]2CCCN(C3CCCCC3)C2)o1. The van der Waals surface area contributed by atoms with E-state index in [-0.39, 0.29) is 5.91 Å². The first-order valence-corrected chi connectivity index (χ1v) is 11.3. The number of furan rings is 1. The summed E-state index contributed by atoms with van der Waals surface area (Å²) in [6.45, 7) is 3.56. The molecule has 0 unspecified atom stereocenters. The lowest BCUT2D eigenvalue weighted by Gasteiger charge is -2.41. The molecule has 2 fully saturated rings. The van der Waals surface area contributed by atoms with Crippen LogP contribution in [0.15, 0.2) is 41.1 Å². The Kier molecular flexibility index (Phi) is 7.05. The van der Waals surface area contributed by atoms with Crippen LogP contribution in [-0.2, 0) is 6.54 Å². The lowest BCUT2D eigenvalue weighted by atomic mass is 9.90. The van der Waals surface area contributed by atoms with E-state index >= 15 is 0 Å². The Hall–Kier alpha value is -2.34. The number of pyridine rings is 1. The lowest BCUT2D eigenvalue weighted by Crippen LogP contribution is -2.47. The van der Waals surface area contributed by atoms with Gasteiger partial charge in [-0.2, -0.15) is 0 Å². The summed E-state index contributed by atoms with van der Waals surface area (Å²) in [6.07, 6.45) is 12.7. The van der Waals surface area contributed by atoms with Crippen LogP contribution in [0.3, 0.4) is 0 Å². The average Bonchev–Trinajstić information content (AvgIpc) is 3.29. The summed E-state index contributed by atoms with van der Waals surface area (Å²) in [5.74, 6) is 1.09. The van der Waals surface area contributed by atoms with Gasteiger partial charge in [-0.3, -0.25) is 9.78 Å². The van der Waals surface area contributed by atoms with Crippen molar-refractivity contribution in [2.45, 2.75) is 57.5 Å². The first kappa shape index (κ1) is 20.9. The van der Waals surface area contributed by atoms with Crippen LogP contribution >= 0.6 is 0 Å². The molecule has 3 heterocycles. The van der Waals surface area contributed by atoms with E-state index in [4.69, 9.17) is 9.15 Å². The quantitative estimate of drug-likeness (QED) is 0.677. The largest absolute Gasteiger partial charge is 0.468 e. The molecule has 0 spiro atoms. The number of piperidine rings is 1. The van der Waals surface area contributed by atoms with Gasteiger partial charge in [0.05, 0.1) is 7.11 Å². The Labute approximate surface area is 179 Å². The molecule has 6 heteroatoms. The zero-order valence-corrected chi connectivity index (χ0v) is 18.0. The van der Waals surface area contributed by atoms with Crippen molar-refractivity contribution in [1.82, 2.24) is 14.8 Å². The molecule has 1 amide bonds. The smallest absolute Gasteiger partial charge is 0.290 e. The highest BCUT2D eigenvalue weighted by Crippen LogP contribution is 2.28. The Morgan fingerprint density at radius 2 is 2.07 bits per heavy atom. The third-order valence-electron chi connectivity index (χ3n) is 6.50. The second kappa shape index (κ2) is 10.1. The molecule has 162 valence electrons. The summed E-state index contributed by atoms with van der Waals surface area (Å²) in [5, 5.41) is 0. The lowest BCUT2D eigenvalue weighted by molar-refractivity contribution is 0.0555. The third-order valence-corrected chi connectivity index (χ3v) is 6.50. The van der Waals surface area contributed by atoms with E-state index in [0.29, 0.717) is 24.2 Å². The summed E-state index contributed by atoms with van der Waals surface area (Å²) in [6, 6.07) is 8.07. The molecule has 1 aliphatic carbocycles. The first-order valence-electron chi connectivity index (χ1n) is 11.3. The molecule has 4 rings (SSSR count). The van der Waals surface area contributed by atoms with Gasteiger partial charge in [-0.05, 0) is 55.8 Å². The molecule has 1 saturated heterocycles. The van der Waals surface area contributed by atoms with E-state index in [1.54, 1.807) is 25.4 Å². The Morgan fingerprint density at radius 1 is 1.20 bits per heavy atom. The molecule has 30 heavy (non-hydrogen) atoms. The van der Waals surface area contributed by atoms with Crippen molar-refractivity contribution < 1.29 is 13.9 Å². The molecule has 1 saturated carbocycles. The van der Waals surface area contributed by atoms with Crippen LogP contribution < -0.4 is 4.74 Å². The van der Waals surface area contributed by atoms with Gasteiger partial charge in [0.1, 0.15) is 0 Å². The monoisotopic (exact) mass is 411 g/mol. The van der Waals surface area contributed by atoms with Gasteiger partial charge in [0.2, 0.25) is 0 Å². The molecule has 0 N–H and O–H groups in total. The fourth-order valence-electron chi connectivity index (χ4n) is 4.97. The number of amides is 1. The molecule has 0 radical (unpaired) electrons. The first-order chi connectivity index (χ1) is 14.7. The number of hydrogen-bond donors (Lipinski definition) is 0. The summed E-state index contributed by atoms with van der Waals surface area (Å²) in [4.78, 5) is 22.1. The molecule has 1 atom stereocenters. The second-order valence-corrected chi connectivity index (χ2v) is 8.66. The van der Waals surface area contributed by atoms with Crippen molar-refractivity contribution in [2.24, 2.45) is 5.92 Å². The van der Waals surface area contributed by atoms with Crippen molar-refractivity contribution in [3.05, 3.63) is 48.0 Å². The molecule has 2 aromatic heterocycles. The highest BCUT2D eigenvalue weighted by molar-refractivity contribution is 5.91. The minimum atomic E-state index is -0.0862. The summed E-state index contributed by atoms with van der Waals surface area (Å²) >= 11 is 0. The van der Waals surface area contributed by atoms with E-state index in [1.165, 1.54) is 51.5 Å².